The molecule has 1 aromatic rings. The fraction of sp³-hybridized carbons (Fsp3) is 0.357. The molecular weight excluding hydrogens is 304 g/mol. The zero-order valence-electron chi connectivity index (χ0n) is 12.5. The second kappa shape index (κ2) is 6.07. The zero-order chi connectivity index (χ0) is 16.5. The predicted octanol–water partition coefficient (Wildman–Crippen LogP) is 0.927. The minimum absolute atomic E-state index is 0.358. The van der Waals surface area contributed by atoms with E-state index in [1.165, 1.54) is 12.1 Å². The molecule has 3 atom stereocenters. The van der Waals surface area contributed by atoms with E-state index in [0.29, 0.717) is 11.3 Å². The fourth-order valence-electron chi connectivity index (χ4n) is 2.20. The molecule has 118 valence electrons. The number of hydrogen-bond acceptors (Lipinski definition) is 6. The van der Waals surface area contributed by atoms with Crippen LogP contribution in [0.2, 0.25) is 0 Å². The van der Waals surface area contributed by atoms with Crippen LogP contribution in [0.25, 0.3) is 0 Å². The van der Waals surface area contributed by atoms with Crippen LogP contribution in [-0.2, 0) is 20.3 Å². The Hall–Kier alpha value is -1.90. The Morgan fingerprint density at radius 2 is 2.05 bits per heavy atom. The first kappa shape index (κ1) is 16.5. The summed E-state index contributed by atoms with van der Waals surface area (Å²) in [6.07, 6.45) is 0.769. The van der Waals surface area contributed by atoms with Gasteiger partial charge in [0.15, 0.2) is 5.54 Å². The van der Waals surface area contributed by atoms with Gasteiger partial charge in [-0.2, -0.15) is 10.6 Å². The Morgan fingerprint density at radius 3 is 2.55 bits per heavy atom. The number of hydroxylamine groups is 1. The maximum Gasteiger partial charge on any atom is 0.270 e. The lowest BCUT2D eigenvalue weighted by Crippen LogP contribution is -2.53. The second-order valence-electron chi connectivity index (χ2n) is 5.22. The van der Waals surface area contributed by atoms with Gasteiger partial charge in [0.2, 0.25) is 0 Å². The smallest absolute Gasteiger partial charge is 0.270 e. The fourth-order valence-corrected chi connectivity index (χ4v) is 3.17. The summed E-state index contributed by atoms with van der Waals surface area (Å²) in [4.78, 5) is 23.6. The third-order valence-corrected chi connectivity index (χ3v) is 5.25. The third-order valence-electron chi connectivity index (χ3n) is 3.61. The van der Waals surface area contributed by atoms with E-state index in [4.69, 9.17) is 4.78 Å². The summed E-state index contributed by atoms with van der Waals surface area (Å²) in [6.45, 7) is 3.26. The van der Waals surface area contributed by atoms with Gasteiger partial charge in [0, 0.05) is 17.5 Å². The first-order chi connectivity index (χ1) is 10.3. The molecule has 8 heteroatoms. The van der Waals surface area contributed by atoms with Crippen molar-refractivity contribution >= 4 is 28.6 Å². The van der Waals surface area contributed by atoms with Gasteiger partial charge in [-0.15, -0.1) is 0 Å². The molecule has 1 heterocycles. The molecule has 22 heavy (non-hydrogen) atoms. The van der Waals surface area contributed by atoms with Gasteiger partial charge < -0.3 is 10.0 Å². The number of benzene rings is 1. The Kier molecular flexibility index (Phi) is 4.55. The van der Waals surface area contributed by atoms with Crippen molar-refractivity contribution in [1.82, 2.24) is 10.5 Å². The third kappa shape index (κ3) is 2.60. The summed E-state index contributed by atoms with van der Waals surface area (Å²) in [5.74, 6) is -0.358. The molecule has 1 aliphatic heterocycles. The molecule has 2 rings (SSSR count). The SMILES string of the molecule is CC(C=O)S(=N)c1ccc(C2=NN(C)C(=O)C2(C)NO)cc1. The molecule has 1 aromatic carbocycles. The second-order valence-corrected chi connectivity index (χ2v) is 7.11. The summed E-state index contributed by atoms with van der Waals surface area (Å²) in [6, 6.07) is 6.97. The summed E-state index contributed by atoms with van der Waals surface area (Å²) < 4.78 is 8.03. The quantitative estimate of drug-likeness (QED) is 0.554. The maximum absolute atomic E-state index is 12.1. The molecule has 0 fully saturated rings. The molecule has 0 radical (unpaired) electrons. The molecule has 7 nitrogen and oxygen atoms in total. The highest BCUT2D eigenvalue weighted by molar-refractivity contribution is 7.87. The van der Waals surface area contributed by atoms with Crippen molar-refractivity contribution in [1.29, 1.82) is 4.78 Å². The van der Waals surface area contributed by atoms with Crippen molar-refractivity contribution in [2.45, 2.75) is 29.5 Å². The summed E-state index contributed by atoms with van der Waals surface area (Å²) >= 11 is 0. The van der Waals surface area contributed by atoms with Crippen LogP contribution in [0.5, 0.6) is 0 Å². The van der Waals surface area contributed by atoms with Crippen LogP contribution >= 0.6 is 0 Å². The number of aldehydes is 1. The van der Waals surface area contributed by atoms with Gasteiger partial charge in [0.05, 0.1) is 11.0 Å². The lowest BCUT2D eigenvalue weighted by atomic mass is 9.91. The topological polar surface area (TPSA) is 106 Å². The molecule has 3 unspecified atom stereocenters. The number of nitrogens with zero attached hydrogens (tertiary/aromatic N) is 2. The van der Waals surface area contributed by atoms with Crippen LogP contribution < -0.4 is 5.48 Å². The minimum Gasteiger partial charge on any atom is -0.315 e. The minimum atomic E-state index is -1.30. The van der Waals surface area contributed by atoms with Crippen LogP contribution in [0.3, 0.4) is 0 Å². The van der Waals surface area contributed by atoms with Gasteiger partial charge in [-0.3, -0.25) is 9.57 Å². The first-order valence-corrected chi connectivity index (χ1v) is 7.92. The van der Waals surface area contributed by atoms with Crippen LogP contribution in [0, 0.1) is 4.78 Å². The highest BCUT2D eigenvalue weighted by Crippen LogP contribution is 2.24. The van der Waals surface area contributed by atoms with Gasteiger partial charge >= 0.3 is 0 Å². The highest BCUT2D eigenvalue weighted by atomic mass is 32.2. The molecule has 1 amide bonds. The molecule has 0 spiro atoms. The predicted molar refractivity (Wildman–Crippen MR) is 83.0 cm³/mol. The van der Waals surface area contributed by atoms with Gasteiger partial charge in [-0.25, -0.2) is 5.01 Å². The molecule has 0 saturated heterocycles. The normalized spacial score (nSPS) is 24.1. The van der Waals surface area contributed by atoms with Gasteiger partial charge in [0.25, 0.3) is 5.91 Å². The number of rotatable bonds is 5. The Balaban J connectivity index is 2.35. The molecule has 1 aliphatic rings. The average molecular weight is 322 g/mol. The number of amides is 1. The Morgan fingerprint density at radius 1 is 1.45 bits per heavy atom. The van der Waals surface area contributed by atoms with E-state index in [1.54, 1.807) is 38.1 Å². The van der Waals surface area contributed by atoms with Crippen molar-refractivity contribution in [3.05, 3.63) is 29.8 Å². The lowest BCUT2D eigenvalue weighted by Gasteiger charge is -2.22. The first-order valence-electron chi connectivity index (χ1n) is 6.63. The number of hydrazone groups is 1. The van der Waals surface area contributed by atoms with Crippen molar-refractivity contribution < 1.29 is 14.8 Å². The monoisotopic (exact) mass is 322 g/mol. The summed E-state index contributed by atoms with van der Waals surface area (Å²) in [7, 11) is 0.597. The average Bonchev–Trinajstić information content (AvgIpc) is 2.78. The van der Waals surface area contributed by atoms with E-state index in [1.807, 2.05) is 5.48 Å². The maximum atomic E-state index is 12.1. The number of nitrogens with one attached hydrogen (secondary N) is 2. The van der Waals surface area contributed by atoms with Crippen LogP contribution in [0.1, 0.15) is 19.4 Å². The van der Waals surface area contributed by atoms with Crippen molar-refractivity contribution in [2.24, 2.45) is 5.10 Å². The number of hydrogen-bond donors (Lipinski definition) is 3. The van der Waals surface area contributed by atoms with E-state index < -0.39 is 16.2 Å². The Bertz CT molecular complexity index is 659. The zero-order valence-corrected chi connectivity index (χ0v) is 13.3. The van der Waals surface area contributed by atoms with E-state index in [-0.39, 0.29) is 11.2 Å². The van der Waals surface area contributed by atoms with E-state index in [0.717, 1.165) is 11.2 Å². The largest absolute Gasteiger partial charge is 0.315 e. The summed E-state index contributed by atoms with van der Waals surface area (Å²) in [5.41, 5.74) is 1.81. The van der Waals surface area contributed by atoms with Crippen LogP contribution in [0.15, 0.2) is 34.3 Å². The molecule has 0 aliphatic carbocycles. The van der Waals surface area contributed by atoms with E-state index >= 15 is 0 Å². The Labute approximate surface area is 130 Å². The molecule has 3 N–H and O–H groups in total. The summed E-state index contributed by atoms with van der Waals surface area (Å²) in [5, 5.41) is 14.3. The van der Waals surface area contributed by atoms with Gasteiger partial charge in [-0.05, 0) is 26.0 Å². The molecule has 0 aromatic heterocycles. The van der Waals surface area contributed by atoms with Crippen molar-refractivity contribution in [3.8, 4) is 0 Å². The highest BCUT2D eigenvalue weighted by Gasteiger charge is 2.46. The van der Waals surface area contributed by atoms with Crippen LogP contribution in [0.4, 0.5) is 0 Å². The lowest BCUT2D eigenvalue weighted by molar-refractivity contribution is -0.135. The number of carbonyl (C=O) groups is 2. The van der Waals surface area contributed by atoms with Crippen molar-refractivity contribution in [3.63, 3.8) is 0 Å². The standard InChI is InChI=1S/C14H18N4O3S/c1-9(8-19)22(15)11-6-4-10(5-7-11)12-14(2,17-21)13(20)18(3)16-12/h4-9,15,17,21H,1-3H3. The molecule has 0 bridgehead atoms. The number of carbonyl (C=O) groups excluding carboxylic acids is 2. The molecular formula is C14H18N4O3S. The number of likely N-dealkylation sites (N-methyl/N-ethyl adjacent to an activating group) is 1. The van der Waals surface area contributed by atoms with Gasteiger partial charge in [0.1, 0.15) is 6.29 Å². The molecule has 0 saturated carbocycles. The van der Waals surface area contributed by atoms with Crippen LogP contribution in [-0.4, -0.2) is 46.0 Å². The van der Waals surface area contributed by atoms with Gasteiger partial charge in [-0.1, -0.05) is 22.8 Å². The van der Waals surface area contributed by atoms with Crippen molar-refractivity contribution in [2.75, 3.05) is 7.05 Å². The van der Waals surface area contributed by atoms with E-state index in [9.17, 15) is 14.8 Å². The van der Waals surface area contributed by atoms with E-state index in [2.05, 4.69) is 5.10 Å².